The summed E-state index contributed by atoms with van der Waals surface area (Å²) in [6.45, 7) is 5.08. The SMILES string of the molecule is COC(=O)[C@@H](CCC(=O)O)NC(=O)[C@H](Cc1ccccc1)NC(=O)OC(C)(C)C. The van der Waals surface area contributed by atoms with Gasteiger partial charge in [-0.25, -0.2) is 9.59 Å². The molecule has 0 spiro atoms. The highest BCUT2D eigenvalue weighted by molar-refractivity contribution is 5.90. The molecule has 0 unspecified atom stereocenters. The van der Waals surface area contributed by atoms with E-state index in [1.165, 1.54) is 0 Å². The van der Waals surface area contributed by atoms with Crippen molar-refractivity contribution >= 4 is 23.9 Å². The van der Waals surface area contributed by atoms with Crippen LogP contribution in [0.3, 0.4) is 0 Å². The first-order chi connectivity index (χ1) is 13.5. The molecule has 0 aliphatic heterocycles. The number of methoxy groups -OCH3 is 1. The molecule has 0 heterocycles. The molecule has 0 bridgehead atoms. The summed E-state index contributed by atoms with van der Waals surface area (Å²) in [6.07, 6.45) is -1.10. The van der Waals surface area contributed by atoms with Gasteiger partial charge in [0.1, 0.15) is 17.7 Å². The highest BCUT2D eigenvalue weighted by Crippen LogP contribution is 2.09. The Hall–Kier alpha value is -3.10. The predicted octanol–water partition coefficient (Wildman–Crippen LogP) is 1.64. The maximum Gasteiger partial charge on any atom is 0.408 e. The number of carboxylic acid groups (broad SMARTS) is 1. The normalized spacial score (nSPS) is 13.0. The van der Waals surface area contributed by atoms with E-state index in [1.807, 2.05) is 6.07 Å². The molecule has 1 aromatic rings. The Labute approximate surface area is 169 Å². The van der Waals surface area contributed by atoms with Gasteiger partial charge in [-0.2, -0.15) is 0 Å². The number of nitrogens with one attached hydrogen (secondary N) is 2. The van der Waals surface area contributed by atoms with Crippen LogP contribution in [0.4, 0.5) is 4.79 Å². The summed E-state index contributed by atoms with van der Waals surface area (Å²) in [5.74, 6) is -2.53. The van der Waals surface area contributed by atoms with Crippen LogP contribution in [0.15, 0.2) is 30.3 Å². The van der Waals surface area contributed by atoms with Crippen molar-refractivity contribution in [3.8, 4) is 0 Å². The lowest BCUT2D eigenvalue weighted by Crippen LogP contribution is -2.53. The van der Waals surface area contributed by atoms with E-state index in [1.54, 1.807) is 45.0 Å². The first-order valence-corrected chi connectivity index (χ1v) is 9.15. The minimum Gasteiger partial charge on any atom is -0.481 e. The summed E-state index contributed by atoms with van der Waals surface area (Å²) >= 11 is 0. The van der Waals surface area contributed by atoms with E-state index < -0.39 is 41.6 Å². The van der Waals surface area contributed by atoms with Crippen molar-refractivity contribution in [3.63, 3.8) is 0 Å². The topological polar surface area (TPSA) is 131 Å². The lowest BCUT2D eigenvalue weighted by atomic mass is 10.0. The molecule has 1 rings (SSSR count). The second-order valence-electron chi connectivity index (χ2n) is 7.41. The van der Waals surface area contributed by atoms with Crippen LogP contribution < -0.4 is 10.6 Å². The number of alkyl carbamates (subject to hydrolysis) is 1. The number of carboxylic acids is 1. The van der Waals surface area contributed by atoms with E-state index >= 15 is 0 Å². The number of esters is 1. The molecular formula is C20H28N2O7. The summed E-state index contributed by atoms with van der Waals surface area (Å²) in [5, 5.41) is 13.8. The third-order valence-electron chi connectivity index (χ3n) is 3.74. The first-order valence-electron chi connectivity index (χ1n) is 9.15. The number of aliphatic carboxylic acids is 1. The van der Waals surface area contributed by atoms with Crippen molar-refractivity contribution in [1.82, 2.24) is 10.6 Å². The zero-order valence-electron chi connectivity index (χ0n) is 17.1. The fourth-order valence-electron chi connectivity index (χ4n) is 2.44. The van der Waals surface area contributed by atoms with Gasteiger partial charge in [0.25, 0.3) is 0 Å². The molecule has 2 atom stereocenters. The van der Waals surface area contributed by atoms with E-state index in [2.05, 4.69) is 15.4 Å². The summed E-state index contributed by atoms with van der Waals surface area (Å²) in [6, 6.07) is 6.80. The average Bonchev–Trinajstić information content (AvgIpc) is 2.62. The van der Waals surface area contributed by atoms with E-state index in [9.17, 15) is 19.2 Å². The quantitative estimate of drug-likeness (QED) is 0.529. The standard InChI is InChI=1S/C20H28N2O7/c1-20(2,3)29-19(27)22-15(12-13-8-6-5-7-9-13)17(25)21-14(18(26)28-4)10-11-16(23)24/h5-9,14-15H,10-12H2,1-4H3,(H,21,25)(H,22,27)(H,23,24)/t14-,15+/m1/s1. The molecule has 0 radical (unpaired) electrons. The van der Waals surface area contributed by atoms with Crippen LogP contribution in [-0.2, 0) is 30.3 Å². The molecule has 0 aliphatic carbocycles. The summed E-state index contributed by atoms with van der Waals surface area (Å²) in [4.78, 5) is 47.7. The number of ether oxygens (including phenoxy) is 2. The molecule has 0 aromatic heterocycles. The largest absolute Gasteiger partial charge is 0.481 e. The van der Waals surface area contributed by atoms with Crippen molar-refractivity contribution in [3.05, 3.63) is 35.9 Å². The van der Waals surface area contributed by atoms with Crippen molar-refractivity contribution in [2.45, 2.75) is 57.7 Å². The summed E-state index contributed by atoms with van der Waals surface area (Å²) < 4.78 is 9.84. The molecule has 0 fully saturated rings. The lowest BCUT2D eigenvalue weighted by Gasteiger charge is -2.25. The third kappa shape index (κ3) is 9.59. The van der Waals surface area contributed by atoms with Gasteiger partial charge in [-0.05, 0) is 32.8 Å². The molecule has 0 aliphatic rings. The number of hydrogen-bond acceptors (Lipinski definition) is 6. The molecule has 9 nitrogen and oxygen atoms in total. The van der Waals surface area contributed by atoms with E-state index in [4.69, 9.17) is 9.84 Å². The Kier molecular flexibility index (Phi) is 9.11. The Morgan fingerprint density at radius 1 is 1.03 bits per heavy atom. The number of rotatable bonds is 9. The van der Waals surface area contributed by atoms with E-state index in [-0.39, 0.29) is 19.3 Å². The molecule has 1 aromatic carbocycles. The van der Waals surface area contributed by atoms with Gasteiger partial charge < -0.3 is 25.2 Å². The number of carbonyl (C=O) groups is 4. The zero-order valence-corrected chi connectivity index (χ0v) is 17.1. The molecule has 2 amide bonds. The highest BCUT2D eigenvalue weighted by Gasteiger charge is 2.29. The van der Waals surface area contributed by atoms with Gasteiger partial charge in [-0.15, -0.1) is 0 Å². The molecule has 0 saturated heterocycles. The summed E-state index contributed by atoms with van der Waals surface area (Å²) in [7, 11) is 1.14. The maximum atomic E-state index is 12.8. The van der Waals surface area contributed by atoms with Crippen LogP contribution in [-0.4, -0.2) is 53.8 Å². The Bertz CT molecular complexity index is 713. The highest BCUT2D eigenvalue weighted by atomic mass is 16.6. The Morgan fingerprint density at radius 2 is 1.66 bits per heavy atom. The van der Waals surface area contributed by atoms with Gasteiger partial charge in [0, 0.05) is 12.8 Å². The molecule has 29 heavy (non-hydrogen) atoms. The van der Waals surface area contributed by atoms with Gasteiger partial charge in [0.2, 0.25) is 5.91 Å². The van der Waals surface area contributed by atoms with E-state index in [0.29, 0.717) is 0 Å². The van der Waals surface area contributed by atoms with Crippen molar-refractivity contribution in [2.75, 3.05) is 7.11 Å². The number of benzene rings is 1. The maximum absolute atomic E-state index is 12.8. The van der Waals surface area contributed by atoms with Crippen LogP contribution in [0.1, 0.15) is 39.2 Å². The predicted molar refractivity (Wildman–Crippen MR) is 104 cm³/mol. The number of carbonyl (C=O) groups excluding carboxylic acids is 3. The van der Waals surface area contributed by atoms with Crippen molar-refractivity contribution < 1.29 is 33.8 Å². The molecule has 160 valence electrons. The van der Waals surface area contributed by atoms with Crippen LogP contribution in [0, 0.1) is 0 Å². The van der Waals surface area contributed by atoms with Gasteiger partial charge >= 0.3 is 18.0 Å². The fraction of sp³-hybridized carbons (Fsp3) is 0.500. The zero-order chi connectivity index (χ0) is 22.0. The molecule has 0 saturated carbocycles. The first kappa shape index (κ1) is 23.9. The van der Waals surface area contributed by atoms with Crippen LogP contribution in [0.25, 0.3) is 0 Å². The minimum absolute atomic E-state index is 0.141. The number of hydrogen-bond donors (Lipinski definition) is 3. The van der Waals surface area contributed by atoms with Crippen LogP contribution >= 0.6 is 0 Å². The molecular weight excluding hydrogens is 380 g/mol. The van der Waals surface area contributed by atoms with Crippen LogP contribution in [0.2, 0.25) is 0 Å². The van der Waals surface area contributed by atoms with Gasteiger partial charge in [-0.3, -0.25) is 9.59 Å². The monoisotopic (exact) mass is 408 g/mol. The summed E-state index contributed by atoms with van der Waals surface area (Å²) in [5.41, 5.74) is 0.0253. The minimum atomic E-state index is -1.15. The van der Waals surface area contributed by atoms with Crippen LogP contribution in [0.5, 0.6) is 0 Å². The van der Waals surface area contributed by atoms with Gasteiger partial charge in [0.15, 0.2) is 0 Å². The smallest absolute Gasteiger partial charge is 0.408 e. The Morgan fingerprint density at radius 3 is 2.17 bits per heavy atom. The third-order valence-corrected chi connectivity index (χ3v) is 3.74. The van der Waals surface area contributed by atoms with Gasteiger partial charge in [0.05, 0.1) is 7.11 Å². The second kappa shape index (κ2) is 11.0. The fourth-order valence-corrected chi connectivity index (χ4v) is 2.44. The second-order valence-corrected chi connectivity index (χ2v) is 7.41. The van der Waals surface area contributed by atoms with Crippen molar-refractivity contribution in [2.24, 2.45) is 0 Å². The average molecular weight is 408 g/mol. The van der Waals surface area contributed by atoms with E-state index in [0.717, 1.165) is 12.7 Å². The number of amides is 2. The molecule has 3 N–H and O–H groups in total. The Balaban J connectivity index is 2.95. The van der Waals surface area contributed by atoms with Crippen molar-refractivity contribution in [1.29, 1.82) is 0 Å². The molecule has 9 heteroatoms. The lowest BCUT2D eigenvalue weighted by molar-refractivity contribution is -0.146. The van der Waals surface area contributed by atoms with Gasteiger partial charge in [-0.1, -0.05) is 30.3 Å².